The van der Waals surface area contributed by atoms with E-state index in [-0.39, 0.29) is 11.7 Å². The van der Waals surface area contributed by atoms with Crippen LogP contribution in [0, 0.1) is 11.6 Å². The summed E-state index contributed by atoms with van der Waals surface area (Å²) in [7, 11) is 1.67. The van der Waals surface area contributed by atoms with Crippen molar-refractivity contribution in [2.75, 3.05) is 40.0 Å². The van der Waals surface area contributed by atoms with Gasteiger partial charge in [0, 0.05) is 51.6 Å². The average molecular weight is 329 g/mol. The fraction of sp³-hybridized carbons (Fsp3) is 0.647. The summed E-state index contributed by atoms with van der Waals surface area (Å²) in [5.41, 5.74) is 0.143. The Labute approximate surface area is 136 Å². The molecule has 4 nitrogen and oxygen atoms in total. The van der Waals surface area contributed by atoms with Gasteiger partial charge in [-0.3, -0.25) is 0 Å². The molecule has 6 heteroatoms. The number of hydrogen-bond acceptors (Lipinski definition) is 4. The molecule has 1 atom stereocenters. The van der Waals surface area contributed by atoms with Crippen LogP contribution in [0.15, 0.2) is 18.2 Å². The van der Waals surface area contributed by atoms with Gasteiger partial charge in [0.2, 0.25) is 0 Å². The zero-order valence-electron chi connectivity index (χ0n) is 13.5. The number of likely N-dealkylation sites (tertiary alicyclic amines) is 1. The Bertz CT molecular complexity index is 479. The highest BCUT2D eigenvalue weighted by molar-refractivity contribution is 5.21. The van der Waals surface area contributed by atoms with Crippen molar-refractivity contribution in [3.63, 3.8) is 0 Å². The summed E-state index contributed by atoms with van der Waals surface area (Å²) in [5, 5.41) is 10.2. The summed E-state index contributed by atoms with van der Waals surface area (Å²) in [6.07, 6.45) is 1.97. The molecule has 0 spiro atoms. The minimum absolute atomic E-state index is 0.143. The van der Waals surface area contributed by atoms with E-state index >= 15 is 0 Å². The molecule has 0 radical (unpaired) electrons. The van der Waals surface area contributed by atoms with Gasteiger partial charge in [0.05, 0.1) is 12.2 Å². The van der Waals surface area contributed by atoms with Crippen LogP contribution in [0.1, 0.15) is 30.9 Å². The minimum atomic E-state index is -0.949. The van der Waals surface area contributed by atoms with Gasteiger partial charge >= 0.3 is 0 Å². The van der Waals surface area contributed by atoms with Crippen LogP contribution in [-0.2, 0) is 9.47 Å². The van der Waals surface area contributed by atoms with Crippen LogP contribution >= 0.6 is 0 Å². The largest absolute Gasteiger partial charge is 0.387 e. The van der Waals surface area contributed by atoms with Gasteiger partial charge in [-0.1, -0.05) is 6.07 Å². The Morgan fingerprint density at radius 3 is 2.65 bits per heavy atom. The van der Waals surface area contributed by atoms with E-state index in [1.54, 1.807) is 7.11 Å². The lowest BCUT2D eigenvalue weighted by Crippen LogP contribution is -2.39. The summed E-state index contributed by atoms with van der Waals surface area (Å²) in [5.74, 6) is -1.33. The predicted octanol–water partition coefficient (Wildman–Crippen LogP) is 2.52. The zero-order valence-corrected chi connectivity index (χ0v) is 13.5. The average Bonchev–Trinajstić information content (AvgIpc) is 2.53. The number of aliphatic hydroxyl groups excluding tert-OH is 1. The fourth-order valence-corrected chi connectivity index (χ4v) is 2.83. The number of piperidine rings is 1. The maximum Gasteiger partial charge on any atom is 0.131 e. The predicted molar refractivity (Wildman–Crippen MR) is 83.2 cm³/mol. The summed E-state index contributed by atoms with van der Waals surface area (Å²) in [6, 6.07) is 3.28. The monoisotopic (exact) mass is 329 g/mol. The van der Waals surface area contributed by atoms with Crippen LogP contribution in [-0.4, -0.2) is 56.1 Å². The first kappa shape index (κ1) is 18.3. The molecule has 1 heterocycles. The number of halogens is 2. The quantitative estimate of drug-likeness (QED) is 0.744. The lowest BCUT2D eigenvalue weighted by atomic mass is 10.0. The van der Waals surface area contributed by atoms with E-state index in [9.17, 15) is 13.9 Å². The van der Waals surface area contributed by atoms with Crippen molar-refractivity contribution in [2.24, 2.45) is 0 Å². The van der Waals surface area contributed by atoms with Crippen molar-refractivity contribution < 1.29 is 23.4 Å². The highest BCUT2D eigenvalue weighted by Crippen LogP contribution is 2.21. The molecule has 130 valence electrons. The van der Waals surface area contributed by atoms with Crippen molar-refractivity contribution in [3.8, 4) is 0 Å². The van der Waals surface area contributed by atoms with E-state index in [4.69, 9.17) is 9.47 Å². The molecule has 0 saturated carbocycles. The molecular weight excluding hydrogens is 304 g/mol. The number of hydrogen-bond donors (Lipinski definition) is 1. The normalized spacial score (nSPS) is 18.3. The molecule has 1 aliphatic heterocycles. The van der Waals surface area contributed by atoms with E-state index in [0.29, 0.717) is 19.8 Å². The fourth-order valence-electron chi connectivity index (χ4n) is 2.83. The Balaban J connectivity index is 1.73. The van der Waals surface area contributed by atoms with E-state index < -0.39 is 17.7 Å². The number of aliphatic hydroxyl groups is 1. The summed E-state index contributed by atoms with van der Waals surface area (Å²) in [6.45, 7) is 3.35. The van der Waals surface area contributed by atoms with Gasteiger partial charge in [0.15, 0.2) is 0 Å². The lowest BCUT2D eigenvalue weighted by Gasteiger charge is -2.33. The molecule has 23 heavy (non-hydrogen) atoms. The smallest absolute Gasteiger partial charge is 0.131 e. The molecule has 0 bridgehead atoms. The molecule has 1 N–H and O–H groups in total. The van der Waals surface area contributed by atoms with Crippen LogP contribution in [0.4, 0.5) is 8.78 Å². The number of nitrogens with zero attached hydrogens (tertiary/aromatic N) is 1. The van der Waals surface area contributed by atoms with Gasteiger partial charge in [0.1, 0.15) is 11.6 Å². The maximum atomic E-state index is 13.7. The summed E-state index contributed by atoms with van der Waals surface area (Å²) >= 11 is 0. The van der Waals surface area contributed by atoms with Gasteiger partial charge in [-0.05, 0) is 25.3 Å². The van der Waals surface area contributed by atoms with E-state index in [1.807, 2.05) is 0 Å². The Morgan fingerprint density at radius 1 is 1.26 bits per heavy atom. The first-order valence-corrected chi connectivity index (χ1v) is 8.06. The minimum Gasteiger partial charge on any atom is -0.387 e. The number of benzene rings is 1. The number of β-amino-alcohol motifs (C(OH)–C–C–N with tert-alkyl or cyclic N) is 1. The third-order valence-corrected chi connectivity index (χ3v) is 4.13. The topological polar surface area (TPSA) is 41.9 Å². The Hall–Kier alpha value is -1.08. The standard InChI is InChI=1S/C17H25F2NO3/c1-22-9-2-10-23-14-5-7-20(8-6-14)12-17(21)15-4-3-13(18)11-16(15)19/h3-4,11,14,17,21H,2,5-10,12H2,1H3. The van der Waals surface area contributed by atoms with Crippen molar-refractivity contribution in [2.45, 2.75) is 31.5 Å². The van der Waals surface area contributed by atoms with Gasteiger partial charge in [0.25, 0.3) is 0 Å². The lowest BCUT2D eigenvalue weighted by molar-refractivity contribution is -0.00848. The number of ether oxygens (including phenoxy) is 2. The van der Waals surface area contributed by atoms with Gasteiger partial charge in [-0.25, -0.2) is 8.78 Å². The van der Waals surface area contributed by atoms with E-state index in [0.717, 1.165) is 38.4 Å². The molecule has 0 amide bonds. The van der Waals surface area contributed by atoms with Crippen LogP contribution in [0.3, 0.4) is 0 Å². The molecule has 2 rings (SSSR count). The van der Waals surface area contributed by atoms with Gasteiger partial charge in [-0.2, -0.15) is 0 Å². The van der Waals surface area contributed by atoms with Crippen LogP contribution in [0.25, 0.3) is 0 Å². The second kappa shape index (κ2) is 9.27. The molecule has 1 aromatic carbocycles. The van der Waals surface area contributed by atoms with Crippen molar-refractivity contribution in [1.82, 2.24) is 4.90 Å². The van der Waals surface area contributed by atoms with Gasteiger partial charge < -0.3 is 19.5 Å². The number of rotatable bonds is 8. The summed E-state index contributed by atoms with van der Waals surface area (Å²) in [4.78, 5) is 2.09. The zero-order chi connectivity index (χ0) is 16.7. The number of methoxy groups -OCH3 is 1. The maximum absolute atomic E-state index is 13.7. The van der Waals surface area contributed by atoms with E-state index in [2.05, 4.69) is 4.90 Å². The van der Waals surface area contributed by atoms with Crippen LogP contribution < -0.4 is 0 Å². The van der Waals surface area contributed by atoms with E-state index in [1.165, 1.54) is 12.1 Å². The van der Waals surface area contributed by atoms with Crippen LogP contribution in [0.2, 0.25) is 0 Å². The van der Waals surface area contributed by atoms with Gasteiger partial charge in [-0.15, -0.1) is 0 Å². The van der Waals surface area contributed by atoms with Crippen LogP contribution in [0.5, 0.6) is 0 Å². The molecule has 1 aliphatic rings. The van der Waals surface area contributed by atoms with Crippen molar-refractivity contribution >= 4 is 0 Å². The second-order valence-corrected chi connectivity index (χ2v) is 5.90. The van der Waals surface area contributed by atoms with Crippen molar-refractivity contribution in [1.29, 1.82) is 0 Å². The molecule has 1 fully saturated rings. The first-order valence-electron chi connectivity index (χ1n) is 8.06. The third-order valence-electron chi connectivity index (χ3n) is 4.13. The second-order valence-electron chi connectivity index (χ2n) is 5.90. The molecule has 1 saturated heterocycles. The Kier molecular flexibility index (Phi) is 7.36. The highest BCUT2D eigenvalue weighted by atomic mass is 19.1. The molecule has 1 aromatic rings. The molecule has 0 aliphatic carbocycles. The highest BCUT2D eigenvalue weighted by Gasteiger charge is 2.23. The molecular formula is C17H25F2NO3. The third kappa shape index (κ3) is 5.80. The molecule has 1 unspecified atom stereocenters. The Morgan fingerprint density at radius 2 is 2.00 bits per heavy atom. The SMILES string of the molecule is COCCCOC1CCN(CC(O)c2ccc(F)cc2F)CC1. The summed E-state index contributed by atoms with van der Waals surface area (Å²) < 4.78 is 37.3. The van der Waals surface area contributed by atoms with Crippen molar-refractivity contribution in [3.05, 3.63) is 35.4 Å². The first-order chi connectivity index (χ1) is 11.1. The molecule has 0 aromatic heterocycles.